The quantitative estimate of drug-likeness (QED) is 0.393. The summed E-state index contributed by atoms with van der Waals surface area (Å²) in [5.41, 5.74) is 2.88. The number of allylic oxidation sites excluding steroid dienone is 2. The third kappa shape index (κ3) is 6.46. The number of esters is 1. The number of aryl methyl sites for hydroxylation is 1. The van der Waals surface area contributed by atoms with E-state index in [9.17, 15) is 4.79 Å². The lowest BCUT2D eigenvalue weighted by molar-refractivity contribution is -0.157. The van der Waals surface area contributed by atoms with Crippen molar-refractivity contribution < 1.29 is 9.53 Å². The van der Waals surface area contributed by atoms with Crippen LogP contribution < -0.4 is 0 Å². The van der Waals surface area contributed by atoms with Crippen molar-refractivity contribution in [3.8, 4) is 6.07 Å². The smallest absolute Gasteiger partial charge is 0.309 e. The van der Waals surface area contributed by atoms with Crippen LogP contribution in [-0.4, -0.2) is 12.1 Å². The lowest BCUT2D eigenvalue weighted by Gasteiger charge is -2.31. The first-order valence-corrected chi connectivity index (χ1v) is 11.5. The molecular weight excluding hydrogens is 358 g/mol. The molecule has 0 spiro atoms. The van der Waals surface area contributed by atoms with Crippen molar-refractivity contribution in [2.45, 2.75) is 89.6 Å². The second-order valence-electron chi connectivity index (χ2n) is 8.86. The summed E-state index contributed by atoms with van der Waals surface area (Å²) in [6.07, 6.45) is 15.3. The molecule has 2 saturated carbocycles. The first-order chi connectivity index (χ1) is 14.2. The summed E-state index contributed by atoms with van der Waals surface area (Å²) in [7, 11) is 0. The third-order valence-electron chi connectivity index (χ3n) is 6.78. The number of rotatable bonds is 7. The Morgan fingerprint density at radius 2 is 1.76 bits per heavy atom. The van der Waals surface area contributed by atoms with E-state index in [1.165, 1.54) is 30.4 Å². The molecule has 1 aromatic carbocycles. The third-order valence-corrected chi connectivity index (χ3v) is 6.78. The molecule has 0 N–H and O–H groups in total. The highest BCUT2D eigenvalue weighted by molar-refractivity contribution is 5.72. The zero-order valence-corrected chi connectivity index (χ0v) is 17.8. The van der Waals surface area contributed by atoms with E-state index in [4.69, 9.17) is 10.00 Å². The van der Waals surface area contributed by atoms with Crippen molar-refractivity contribution in [2.24, 2.45) is 11.8 Å². The Balaban J connectivity index is 1.40. The van der Waals surface area contributed by atoms with E-state index in [1.54, 1.807) is 6.08 Å². The Bertz CT molecular complexity index is 699. The summed E-state index contributed by atoms with van der Waals surface area (Å²) < 4.78 is 5.89. The number of carbonyl (C=O) groups excluding carboxylic acids is 1. The summed E-state index contributed by atoms with van der Waals surface area (Å²) in [6.45, 7) is 2.24. The van der Waals surface area contributed by atoms with E-state index in [1.807, 2.05) is 6.08 Å². The largest absolute Gasteiger partial charge is 0.462 e. The molecule has 2 aliphatic rings. The molecule has 0 aliphatic heterocycles. The average Bonchev–Trinajstić information content (AvgIpc) is 2.77. The fourth-order valence-electron chi connectivity index (χ4n) is 4.84. The number of ether oxygens (including phenoxy) is 1. The first kappa shape index (κ1) is 21.6. The summed E-state index contributed by atoms with van der Waals surface area (Å²) in [5, 5.41) is 8.64. The second-order valence-corrected chi connectivity index (χ2v) is 8.86. The van der Waals surface area contributed by atoms with Crippen LogP contribution >= 0.6 is 0 Å². The molecule has 0 saturated heterocycles. The van der Waals surface area contributed by atoms with Gasteiger partial charge in [0, 0.05) is 6.08 Å². The Morgan fingerprint density at radius 3 is 2.38 bits per heavy atom. The number of nitrogens with zero attached hydrogens (tertiary/aromatic N) is 1. The number of unbranched alkanes of at least 4 members (excludes halogenated alkanes) is 1. The highest BCUT2D eigenvalue weighted by atomic mass is 16.5. The van der Waals surface area contributed by atoms with E-state index in [0.29, 0.717) is 11.8 Å². The van der Waals surface area contributed by atoms with Gasteiger partial charge in [-0.2, -0.15) is 5.26 Å². The number of nitriles is 1. The predicted molar refractivity (Wildman–Crippen MR) is 116 cm³/mol. The van der Waals surface area contributed by atoms with Crippen molar-refractivity contribution in [1.29, 1.82) is 5.26 Å². The van der Waals surface area contributed by atoms with Gasteiger partial charge in [0.2, 0.25) is 0 Å². The minimum Gasteiger partial charge on any atom is -0.462 e. The van der Waals surface area contributed by atoms with Gasteiger partial charge in [0.25, 0.3) is 0 Å². The maximum absolute atomic E-state index is 12.6. The Kier molecular flexibility index (Phi) is 8.35. The summed E-state index contributed by atoms with van der Waals surface area (Å²) in [4.78, 5) is 12.6. The Hall–Kier alpha value is -2.08. The van der Waals surface area contributed by atoms with Crippen LogP contribution in [0.4, 0.5) is 0 Å². The molecule has 2 aliphatic carbocycles. The molecule has 3 nitrogen and oxygen atoms in total. The standard InChI is InChI=1S/C26H35NO2/c1-2-3-5-20-7-11-22(12-8-20)23-15-17-25(18-16-23)29-26(28)24-13-9-21(10-14-24)6-4-19-27/h4,6-8,11-12,21,23-25H,2-3,5,9-10,13-18H2,1H3/b6-4+. The van der Waals surface area contributed by atoms with Crippen molar-refractivity contribution in [2.75, 3.05) is 0 Å². The fraction of sp³-hybridized carbons (Fsp3) is 0.615. The van der Waals surface area contributed by atoms with Crippen molar-refractivity contribution >= 4 is 5.97 Å². The van der Waals surface area contributed by atoms with Gasteiger partial charge in [-0.1, -0.05) is 43.7 Å². The minimum absolute atomic E-state index is 0.0106. The van der Waals surface area contributed by atoms with Crippen molar-refractivity contribution in [3.05, 3.63) is 47.5 Å². The lowest BCUT2D eigenvalue weighted by Crippen LogP contribution is -2.29. The Labute approximate surface area is 176 Å². The van der Waals surface area contributed by atoms with Crippen LogP contribution in [-0.2, 0) is 16.0 Å². The van der Waals surface area contributed by atoms with E-state index in [0.717, 1.165) is 51.4 Å². The topological polar surface area (TPSA) is 50.1 Å². The van der Waals surface area contributed by atoms with Gasteiger partial charge in [-0.3, -0.25) is 4.79 Å². The van der Waals surface area contributed by atoms with Crippen LogP contribution in [0.15, 0.2) is 36.4 Å². The maximum atomic E-state index is 12.6. The summed E-state index contributed by atoms with van der Waals surface area (Å²) in [5.74, 6) is 1.11. The lowest BCUT2D eigenvalue weighted by atomic mass is 9.81. The van der Waals surface area contributed by atoms with Crippen LogP contribution in [0.1, 0.15) is 88.2 Å². The molecule has 0 aromatic heterocycles. The van der Waals surface area contributed by atoms with Gasteiger partial charge < -0.3 is 4.74 Å². The predicted octanol–water partition coefficient (Wildman–Crippen LogP) is 6.48. The molecular formula is C26H35NO2. The van der Waals surface area contributed by atoms with Gasteiger partial charge in [0.1, 0.15) is 6.10 Å². The van der Waals surface area contributed by atoms with Crippen LogP contribution in [0, 0.1) is 23.2 Å². The zero-order valence-electron chi connectivity index (χ0n) is 17.8. The number of hydrogen-bond donors (Lipinski definition) is 0. The fourth-order valence-corrected chi connectivity index (χ4v) is 4.84. The molecule has 0 unspecified atom stereocenters. The highest BCUT2D eigenvalue weighted by Gasteiger charge is 2.30. The van der Waals surface area contributed by atoms with E-state index in [2.05, 4.69) is 37.3 Å². The van der Waals surface area contributed by atoms with Crippen LogP contribution in [0.2, 0.25) is 0 Å². The molecule has 3 rings (SSSR count). The molecule has 0 radical (unpaired) electrons. The van der Waals surface area contributed by atoms with E-state index >= 15 is 0 Å². The SMILES string of the molecule is CCCCc1ccc(C2CCC(OC(=O)C3CCC(/C=C/C#N)CC3)CC2)cc1. The number of carbonyl (C=O) groups is 1. The van der Waals surface area contributed by atoms with Gasteiger partial charge in [-0.05, 0) is 87.2 Å². The monoisotopic (exact) mass is 393 g/mol. The molecule has 0 atom stereocenters. The first-order valence-electron chi connectivity index (χ1n) is 11.5. The van der Waals surface area contributed by atoms with Gasteiger partial charge in [0.05, 0.1) is 12.0 Å². The average molecular weight is 394 g/mol. The highest BCUT2D eigenvalue weighted by Crippen LogP contribution is 2.36. The van der Waals surface area contributed by atoms with Gasteiger partial charge in [-0.25, -0.2) is 0 Å². The summed E-state index contributed by atoms with van der Waals surface area (Å²) in [6, 6.07) is 11.3. The minimum atomic E-state index is 0.0106. The van der Waals surface area contributed by atoms with Crippen LogP contribution in [0.3, 0.4) is 0 Å². The van der Waals surface area contributed by atoms with Gasteiger partial charge in [-0.15, -0.1) is 0 Å². The second kappa shape index (κ2) is 11.2. The molecule has 0 amide bonds. The normalized spacial score (nSPS) is 27.4. The molecule has 1 aromatic rings. The molecule has 3 heteroatoms. The molecule has 29 heavy (non-hydrogen) atoms. The zero-order chi connectivity index (χ0) is 20.5. The van der Waals surface area contributed by atoms with Crippen LogP contribution in [0.25, 0.3) is 0 Å². The van der Waals surface area contributed by atoms with Crippen molar-refractivity contribution in [1.82, 2.24) is 0 Å². The van der Waals surface area contributed by atoms with Crippen molar-refractivity contribution in [3.63, 3.8) is 0 Å². The maximum Gasteiger partial charge on any atom is 0.309 e. The molecule has 156 valence electrons. The summed E-state index contributed by atoms with van der Waals surface area (Å²) >= 11 is 0. The van der Waals surface area contributed by atoms with Crippen LogP contribution in [0.5, 0.6) is 0 Å². The molecule has 2 fully saturated rings. The number of benzene rings is 1. The Morgan fingerprint density at radius 1 is 1.07 bits per heavy atom. The van der Waals surface area contributed by atoms with Gasteiger partial charge in [0.15, 0.2) is 0 Å². The van der Waals surface area contributed by atoms with E-state index < -0.39 is 0 Å². The molecule has 0 bridgehead atoms. The van der Waals surface area contributed by atoms with E-state index in [-0.39, 0.29) is 18.0 Å². The molecule has 0 heterocycles. The number of hydrogen-bond acceptors (Lipinski definition) is 3. The van der Waals surface area contributed by atoms with Gasteiger partial charge >= 0.3 is 5.97 Å².